The molecule has 0 fully saturated rings. The Labute approximate surface area is 341 Å². The lowest BCUT2D eigenvalue weighted by Gasteiger charge is -2.45. The molecule has 2 aliphatic heterocycles. The summed E-state index contributed by atoms with van der Waals surface area (Å²) in [5, 5.41) is 5.64. The van der Waals surface area contributed by atoms with Crippen LogP contribution in [-0.2, 0) is 0 Å². The summed E-state index contributed by atoms with van der Waals surface area (Å²) >= 11 is 0. The molecule has 7 aromatic carbocycles. The van der Waals surface area contributed by atoms with E-state index in [4.69, 9.17) is 4.74 Å². The molecule has 282 valence electrons. The van der Waals surface area contributed by atoms with Crippen LogP contribution in [0.25, 0.3) is 0 Å². The number of benzene rings is 7. The van der Waals surface area contributed by atoms with E-state index in [1.165, 1.54) is 76.3 Å². The van der Waals surface area contributed by atoms with Crippen LogP contribution in [0.2, 0.25) is 0 Å². The van der Waals surface area contributed by atoms with Crippen molar-refractivity contribution in [1.82, 2.24) is 0 Å². The Morgan fingerprint density at radius 2 is 1.00 bits per heavy atom. The Morgan fingerprint density at radius 1 is 0.491 bits per heavy atom. The highest BCUT2D eigenvalue weighted by atomic mass is 28.3. The van der Waals surface area contributed by atoms with Crippen molar-refractivity contribution < 1.29 is 4.74 Å². The van der Waals surface area contributed by atoms with Crippen molar-refractivity contribution >= 4 is 69.0 Å². The summed E-state index contributed by atoms with van der Waals surface area (Å²) in [4.78, 5) is 2.55. The number of hydrogen-bond acceptors (Lipinski definition) is 2. The van der Waals surface area contributed by atoms with Gasteiger partial charge in [0.05, 0.1) is 0 Å². The first-order chi connectivity index (χ1) is 27.6. The smallest absolute Gasteiger partial charge is 0.251 e. The van der Waals surface area contributed by atoms with Crippen LogP contribution in [0.3, 0.4) is 0 Å². The first-order valence-corrected chi connectivity index (χ1v) is 22.8. The number of ether oxygens (including phenoxy) is 1. The summed E-state index contributed by atoms with van der Waals surface area (Å²) < 4.78 is 6.84. The van der Waals surface area contributed by atoms with Gasteiger partial charge in [0.15, 0.2) is 8.07 Å². The van der Waals surface area contributed by atoms with Crippen LogP contribution in [0.1, 0.15) is 87.1 Å². The molecule has 2 heterocycles. The van der Waals surface area contributed by atoms with Gasteiger partial charge >= 0.3 is 0 Å². The fourth-order valence-electron chi connectivity index (χ4n) is 9.76. The van der Waals surface area contributed by atoms with Gasteiger partial charge in [0.25, 0.3) is 6.71 Å². The predicted octanol–water partition coefficient (Wildman–Crippen LogP) is 9.46. The SMILES string of the molecule is Cc1ccc2c(c1)[Si](c1ccccc1)(c1ccccc1)c1cc(C)ccc1N2c1ccc2c(c1)B(c1c(C(C)C)cc(C(C)C)cc1C(C)C)c1ccccc1O2. The second-order valence-electron chi connectivity index (χ2n) is 17.2. The molecule has 0 saturated heterocycles. The molecule has 0 saturated carbocycles. The van der Waals surface area contributed by atoms with E-state index < -0.39 is 8.07 Å². The Kier molecular flexibility index (Phi) is 9.37. The lowest BCUT2D eigenvalue weighted by atomic mass is 9.34. The summed E-state index contributed by atoms with van der Waals surface area (Å²) in [6.45, 7) is 18.6. The first-order valence-electron chi connectivity index (χ1n) is 20.8. The average Bonchev–Trinajstić information content (AvgIpc) is 3.22. The molecule has 0 radical (unpaired) electrons. The third kappa shape index (κ3) is 6.00. The lowest BCUT2D eigenvalue weighted by molar-refractivity contribution is 0.487. The van der Waals surface area contributed by atoms with Crippen LogP contribution in [0, 0.1) is 13.8 Å². The highest BCUT2D eigenvalue weighted by Gasteiger charge is 2.49. The fourth-order valence-corrected chi connectivity index (χ4v) is 15.1. The Morgan fingerprint density at radius 3 is 1.53 bits per heavy atom. The van der Waals surface area contributed by atoms with Crippen LogP contribution in [0.15, 0.2) is 152 Å². The Balaban J connectivity index is 1.34. The molecule has 0 atom stereocenters. The van der Waals surface area contributed by atoms with Crippen molar-refractivity contribution in [3.63, 3.8) is 0 Å². The van der Waals surface area contributed by atoms with Crippen molar-refractivity contribution in [2.75, 3.05) is 4.90 Å². The van der Waals surface area contributed by atoms with Gasteiger partial charge in [0.2, 0.25) is 0 Å². The maximum Gasteiger partial charge on any atom is 0.251 e. The van der Waals surface area contributed by atoms with E-state index in [0.717, 1.165) is 17.2 Å². The molecule has 4 heteroatoms. The molecule has 0 N–H and O–H groups in total. The molecule has 0 unspecified atom stereocenters. The van der Waals surface area contributed by atoms with Gasteiger partial charge in [-0.15, -0.1) is 0 Å². The normalized spacial score (nSPS) is 13.9. The van der Waals surface area contributed by atoms with Crippen molar-refractivity contribution in [2.45, 2.75) is 73.1 Å². The zero-order chi connectivity index (χ0) is 39.6. The molecule has 2 nitrogen and oxygen atoms in total. The minimum atomic E-state index is -2.78. The molecule has 0 aliphatic carbocycles. The molecular weight excluding hydrogens is 705 g/mol. The molecule has 0 spiro atoms. The number of anilines is 3. The Bertz CT molecular complexity index is 2510. The van der Waals surface area contributed by atoms with Crippen LogP contribution < -0.4 is 46.8 Å². The number of fused-ring (bicyclic) bond motifs is 4. The van der Waals surface area contributed by atoms with E-state index in [1.54, 1.807) is 0 Å². The molecule has 0 amide bonds. The molecule has 0 bridgehead atoms. The van der Waals surface area contributed by atoms with Gasteiger partial charge in [-0.2, -0.15) is 0 Å². The maximum atomic E-state index is 6.84. The predicted molar refractivity (Wildman–Crippen MR) is 248 cm³/mol. The third-order valence-corrected chi connectivity index (χ3v) is 17.3. The number of para-hydroxylation sites is 1. The molecule has 0 aromatic heterocycles. The van der Waals surface area contributed by atoms with Crippen molar-refractivity contribution in [3.8, 4) is 11.5 Å². The fraction of sp³-hybridized carbons (Fsp3) is 0.208. The highest BCUT2D eigenvalue weighted by molar-refractivity contribution is 7.21. The maximum absolute atomic E-state index is 6.84. The quantitative estimate of drug-likeness (QED) is 0.150. The van der Waals surface area contributed by atoms with E-state index in [0.29, 0.717) is 17.8 Å². The summed E-state index contributed by atoms with van der Waals surface area (Å²) in [7, 11) is -2.78. The lowest BCUT2D eigenvalue weighted by Crippen LogP contribution is -2.77. The van der Waals surface area contributed by atoms with E-state index in [1.807, 2.05) is 0 Å². The summed E-state index contributed by atoms with van der Waals surface area (Å²) in [5.41, 5.74) is 14.4. The zero-order valence-corrected chi connectivity index (χ0v) is 35.6. The summed E-state index contributed by atoms with van der Waals surface area (Å²) in [6.07, 6.45) is 0. The topological polar surface area (TPSA) is 12.5 Å². The number of hydrogen-bond donors (Lipinski definition) is 0. The van der Waals surface area contributed by atoms with E-state index in [2.05, 4.69) is 212 Å². The van der Waals surface area contributed by atoms with Gasteiger partial charge in [0, 0.05) is 17.1 Å². The van der Waals surface area contributed by atoms with Crippen LogP contribution in [0.5, 0.6) is 11.5 Å². The third-order valence-electron chi connectivity index (χ3n) is 12.5. The molecule has 2 aliphatic rings. The second-order valence-corrected chi connectivity index (χ2v) is 21.0. The van der Waals surface area contributed by atoms with Crippen molar-refractivity contribution in [3.05, 3.63) is 179 Å². The number of aryl methyl sites for hydroxylation is 2. The number of rotatable bonds is 7. The van der Waals surface area contributed by atoms with E-state index >= 15 is 0 Å². The van der Waals surface area contributed by atoms with Gasteiger partial charge in [-0.25, -0.2) is 0 Å². The van der Waals surface area contributed by atoms with Gasteiger partial charge in [-0.3, -0.25) is 0 Å². The minimum absolute atomic E-state index is 0.0165. The van der Waals surface area contributed by atoms with Crippen LogP contribution in [-0.4, -0.2) is 14.8 Å². The monoisotopic (exact) mass is 757 g/mol. The average molecular weight is 758 g/mol. The largest absolute Gasteiger partial charge is 0.458 e. The van der Waals surface area contributed by atoms with Gasteiger partial charge in [0.1, 0.15) is 11.5 Å². The molecule has 7 aromatic rings. The highest BCUT2D eigenvalue weighted by Crippen LogP contribution is 2.40. The van der Waals surface area contributed by atoms with Crippen molar-refractivity contribution in [1.29, 1.82) is 0 Å². The first kappa shape index (κ1) is 37.0. The molecule has 57 heavy (non-hydrogen) atoms. The summed E-state index contributed by atoms with van der Waals surface area (Å²) in [5.74, 6) is 3.05. The molecular formula is C53H52BNOSi. The van der Waals surface area contributed by atoms with Gasteiger partial charge < -0.3 is 9.64 Å². The van der Waals surface area contributed by atoms with E-state index in [-0.39, 0.29) is 6.71 Å². The van der Waals surface area contributed by atoms with Crippen LogP contribution >= 0.6 is 0 Å². The Hall–Kier alpha value is -5.58. The standard InChI is InChI=1S/C53H52BNOSi/c1-34(2)39-31-43(35(3)4)53(44(32-39)36(5)6)54-45-21-15-16-22-49(45)56-50-28-25-40(33-46(50)54)55-47-26-23-37(7)29-51(47)57(41-17-11-9-12-18-41,42-19-13-10-14-20-42)52-30-38(8)24-27-48(52)55/h9-36H,1-8H3. The number of nitrogens with zero attached hydrogens (tertiary/aromatic N) is 1. The van der Waals surface area contributed by atoms with E-state index in [9.17, 15) is 0 Å². The van der Waals surface area contributed by atoms with Crippen molar-refractivity contribution in [2.24, 2.45) is 0 Å². The zero-order valence-electron chi connectivity index (χ0n) is 34.6. The summed E-state index contributed by atoms with van der Waals surface area (Å²) in [6, 6.07) is 57.6. The van der Waals surface area contributed by atoms with Gasteiger partial charge in [-0.05, 0) is 116 Å². The van der Waals surface area contributed by atoms with Crippen LogP contribution in [0.4, 0.5) is 17.1 Å². The van der Waals surface area contributed by atoms with Gasteiger partial charge in [-0.1, -0.05) is 173 Å². The second kappa shape index (κ2) is 14.4. The molecule has 9 rings (SSSR count). The minimum Gasteiger partial charge on any atom is -0.458 e.